The number of carboxylic acids is 4. The molecule has 0 unspecified atom stereocenters. The van der Waals surface area contributed by atoms with Gasteiger partial charge in [0, 0.05) is 141 Å². The van der Waals surface area contributed by atoms with Crippen LogP contribution >= 0.6 is 100 Å². The summed E-state index contributed by atoms with van der Waals surface area (Å²) in [6, 6.07) is 10.2. The highest BCUT2D eigenvalue weighted by Gasteiger charge is 2.52. The Balaban J connectivity index is 0.000000152. The summed E-state index contributed by atoms with van der Waals surface area (Å²) in [5.41, 5.74) is 2.68. The normalized spacial score (nSPS) is 21.9. The number of aliphatic carboxylic acids is 4. The number of thiazole rings is 4. The van der Waals surface area contributed by atoms with E-state index in [9.17, 15) is 93.9 Å². The van der Waals surface area contributed by atoms with E-state index < -0.39 is 174 Å². The number of carbonyl (C=O) groups excluding carboxylic acids is 4. The highest BCUT2D eigenvalue weighted by atomic mass is 79.9. The first kappa shape index (κ1) is 100. The van der Waals surface area contributed by atoms with Gasteiger partial charge in [-0.2, -0.15) is 0 Å². The number of rotatable bonds is 24. The van der Waals surface area contributed by atoms with Crippen molar-refractivity contribution in [3.8, 4) is 0 Å². The Bertz CT molecular complexity index is 6070. The number of carboxylic acid groups (broad SMARTS) is 4. The Kier molecular flexibility index (Phi) is 32.9. The van der Waals surface area contributed by atoms with Crippen LogP contribution in [0, 0.1) is 23.3 Å². The number of esters is 4. The molecule has 34 nitrogen and oxygen atoms in total. The van der Waals surface area contributed by atoms with Gasteiger partial charge in [-0.1, -0.05) is 104 Å². The molecule has 0 bridgehead atoms. The van der Waals surface area contributed by atoms with Gasteiger partial charge in [0.2, 0.25) is 0 Å². The maximum absolute atomic E-state index is 14.3. The Hall–Kier alpha value is -11.3. The molecule has 0 radical (unpaired) electrons. The molecule has 708 valence electrons. The quantitative estimate of drug-likeness (QED) is 0.0121. The van der Waals surface area contributed by atoms with E-state index in [1.54, 1.807) is 62.7 Å². The molecular formula is C84H76Br2Cl2F8N16O18S4. The minimum absolute atomic E-state index is 0.00699. The van der Waals surface area contributed by atoms with E-state index in [0.717, 1.165) is 56.5 Å². The van der Waals surface area contributed by atoms with Crippen LogP contribution in [0.1, 0.15) is 79.3 Å². The van der Waals surface area contributed by atoms with Crippen LogP contribution < -0.4 is 21.3 Å². The molecule has 0 saturated carbocycles. The number of aromatic nitrogens is 4. The molecule has 4 fully saturated rings. The van der Waals surface area contributed by atoms with Crippen molar-refractivity contribution in [1.29, 1.82) is 0 Å². The zero-order chi connectivity index (χ0) is 96.3. The zero-order valence-corrected chi connectivity index (χ0v) is 78.1. The number of ether oxygens (including phenoxy) is 6. The van der Waals surface area contributed by atoms with Crippen LogP contribution in [-0.4, -0.2) is 274 Å². The fraction of sp³-hybridized carbons (Fsp3) is 0.333. The number of likely N-dealkylation sites (tertiary alicyclic amines) is 2. The molecule has 8 N–H and O–H groups in total. The second kappa shape index (κ2) is 44.0. The first-order chi connectivity index (χ1) is 64.0. The van der Waals surface area contributed by atoms with Crippen molar-refractivity contribution in [3.05, 3.63) is 249 Å². The van der Waals surface area contributed by atoms with Gasteiger partial charge in [0.15, 0.2) is 66.6 Å². The van der Waals surface area contributed by atoms with E-state index in [1.165, 1.54) is 67.6 Å². The Labute approximate surface area is 798 Å². The summed E-state index contributed by atoms with van der Waals surface area (Å²) in [5, 5.41) is 58.2. The number of aliphatic imine (C=N–C) groups is 4. The lowest BCUT2D eigenvalue weighted by molar-refractivity contribution is -0.150. The lowest BCUT2D eigenvalue weighted by Crippen LogP contribution is -2.52. The molecule has 8 aromatic rings. The van der Waals surface area contributed by atoms with Crippen LogP contribution in [0.5, 0.6) is 0 Å². The number of carbonyl (C=O) groups is 8. The number of nitrogens with zero attached hydrogens (tertiary/aromatic N) is 12. The molecule has 8 aliphatic heterocycles. The van der Waals surface area contributed by atoms with Crippen LogP contribution in [-0.2, 0) is 66.8 Å². The number of methoxy groups -OCH3 is 4. The highest BCUT2D eigenvalue weighted by molar-refractivity contribution is 9.10. The number of nitrogens with one attached hydrogen (secondary N) is 4. The van der Waals surface area contributed by atoms with E-state index >= 15 is 0 Å². The summed E-state index contributed by atoms with van der Waals surface area (Å²) in [6.07, 6.45) is 4.60. The van der Waals surface area contributed by atoms with Gasteiger partial charge in [-0.25, -0.2) is 74.2 Å². The molecule has 8 aliphatic rings. The van der Waals surface area contributed by atoms with E-state index in [0.29, 0.717) is 72.8 Å². The Morgan fingerprint density at radius 2 is 0.701 bits per heavy atom. The first-order valence-corrected chi connectivity index (χ1v) is 45.7. The minimum Gasteiger partial charge on any atom is -0.480 e. The maximum Gasteiger partial charge on any atom is 0.338 e. The monoisotopic (exact) mass is 2100 g/mol. The van der Waals surface area contributed by atoms with Crippen molar-refractivity contribution in [2.45, 2.75) is 73.0 Å². The smallest absolute Gasteiger partial charge is 0.338 e. The molecule has 8 atom stereocenters. The van der Waals surface area contributed by atoms with E-state index in [4.69, 9.17) is 61.6 Å². The van der Waals surface area contributed by atoms with Gasteiger partial charge in [0.25, 0.3) is 11.8 Å². The first-order valence-electron chi connectivity index (χ1n) is 39.8. The average molecular weight is 2110 g/mol. The molecule has 16 rings (SSSR count). The maximum atomic E-state index is 14.3. The lowest BCUT2D eigenvalue weighted by atomic mass is 9.94. The predicted molar refractivity (Wildman–Crippen MR) is 478 cm³/mol. The van der Waals surface area contributed by atoms with Gasteiger partial charge in [-0.05, 0) is 35.4 Å². The van der Waals surface area contributed by atoms with Crippen molar-refractivity contribution in [2.24, 2.45) is 20.0 Å². The third-order valence-corrected chi connectivity index (χ3v) is 26.9. The number of hydrogen-bond acceptors (Lipinski definition) is 34. The number of amidine groups is 4. The van der Waals surface area contributed by atoms with Crippen LogP contribution in [0.25, 0.3) is 0 Å². The molecule has 0 spiro atoms. The number of alkyl halides is 4. The number of halogens is 12. The summed E-state index contributed by atoms with van der Waals surface area (Å²) < 4.78 is 145. The fourth-order valence-electron chi connectivity index (χ4n) is 15.4. The Morgan fingerprint density at radius 3 is 0.963 bits per heavy atom. The molecular weight excluding hydrogens is 2030 g/mol. The van der Waals surface area contributed by atoms with Crippen molar-refractivity contribution >= 4 is 172 Å². The summed E-state index contributed by atoms with van der Waals surface area (Å²) in [5.74, 6) is -18.0. The standard InChI is InChI=1S/C21H19BrF2N4O4S.C21H21BrN4O5S.C21H17ClF4N4O4S.C21H19ClF2N4O5S/c1-32-20(31)15-13(9-28-10-21(23,24)8-14(28)19(29)30)26-17(18-25-6-7-33-18)27-16(15)11-4-2-3-5-12(11)22;1-30-21(29)16-14(10-26-7-8-31-11-15(26)20(27)28)24-18(19-23-6-9-32-19)25-17(16)12-4-2-3-5-13(12)22;1-34-20(33)13-11(7-30-8-21(25,26)6-12(30)19(31)32)28-17(18-27-4-5-35-18)29-16(13)9-2-3-10(23)15(24)14(9)22;1-32-21(31)14-12(8-28-5-6-33-9-13(28)20(29)30)26-18(19-25-4-7-34-19)27-17(14)10-2-3-11(23)16(24)15(10)22/h2-7,14,16H,8-10H2,1H3,(H,26,27)(H,29,30);2-6,9,15,17H,7-8,10-11H2,1H3,(H,24,25)(H,27,28);2-5,12,16H,6-8H2,1H3,(H,28,29)(H,31,32);2-4,7,13,17H,5-6,8-9H2,1H3,(H,26,27)(H,29,30)/t14-,16-;15-,17-;12-,16-;13-,17-/m0000/s1. The van der Waals surface area contributed by atoms with Gasteiger partial charge < -0.3 is 70.1 Å². The summed E-state index contributed by atoms with van der Waals surface area (Å²) >= 11 is 24.4. The fourth-order valence-corrected chi connectivity index (χ4v) is 19.3. The third kappa shape index (κ3) is 22.9. The second-order valence-corrected chi connectivity index (χ2v) is 36.0. The van der Waals surface area contributed by atoms with Crippen LogP contribution in [0.15, 0.2) is 193 Å². The minimum atomic E-state index is -3.27. The molecule has 0 amide bonds. The summed E-state index contributed by atoms with van der Waals surface area (Å²) in [7, 11) is 4.78. The molecule has 0 aliphatic carbocycles. The summed E-state index contributed by atoms with van der Waals surface area (Å²) in [6.45, 7) is -0.625. The van der Waals surface area contributed by atoms with Crippen LogP contribution in [0.4, 0.5) is 35.1 Å². The van der Waals surface area contributed by atoms with E-state index in [1.807, 2.05) is 35.7 Å². The molecule has 4 aromatic carbocycles. The molecule has 50 heteroatoms. The largest absolute Gasteiger partial charge is 0.480 e. The molecule has 134 heavy (non-hydrogen) atoms. The number of hydrogen-bond donors (Lipinski definition) is 8. The highest BCUT2D eigenvalue weighted by Crippen LogP contribution is 2.45. The lowest BCUT2D eigenvalue weighted by Gasteiger charge is -2.35. The number of morpholine rings is 2. The van der Waals surface area contributed by atoms with Gasteiger partial charge >= 0.3 is 47.8 Å². The van der Waals surface area contributed by atoms with Gasteiger partial charge in [0.1, 0.15) is 48.3 Å². The topological polar surface area (TPSA) is 435 Å². The van der Waals surface area contributed by atoms with Gasteiger partial charge in [-0.15, -0.1) is 45.3 Å². The molecule has 4 aromatic heterocycles. The number of benzene rings is 4. The van der Waals surface area contributed by atoms with Crippen molar-refractivity contribution in [3.63, 3.8) is 0 Å². The third-order valence-electron chi connectivity index (χ3n) is 21.6. The van der Waals surface area contributed by atoms with Crippen molar-refractivity contribution in [1.82, 2.24) is 60.8 Å². The van der Waals surface area contributed by atoms with E-state index in [-0.39, 0.29) is 96.0 Å². The zero-order valence-electron chi connectivity index (χ0n) is 70.1. The molecule has 4 saturated heterocycles. The van der Waals surface area contributed by atoms with Crippen LogP contribution in [0.2, 0.25) is 10.0 Å². The second-order valence-electron chi connectivity index (χ2n) is 29.9. The van der Waals surface area contributed by atoms with Gasteiger partial charge in [0.05, 0.1) is 100 Å². The SMILES string of the molecule is COC(=O)C1=C(CN2CC(F)(F)C[C@H]2C(=O)O)NC(c2nccs2)=N[C@H]1c1ccc(F)c(F)c1Cl.COC(=O)C1=C(CN2CC(F)(F)C[C@H]2C(=O)O)NC(c2nccs2)=N[C@H]1c1ccccc1Br.COC(=O)C1=C(CN2CCOC[C@H]2C(=O)O)NC(c2nccs2)=N[C@H]1c1ccc(F)c(F)c1Cl.COC(=O)C1=C(CN2CCOC[C@H]2C(=O)O)NC(c2nccs2)=N[C@H]1c1ccccc1Br. The van der Waals surface area contributed by atoms with Gasteiger partial charge in [-0.3, -0.25) is 58.7 Å². The summed E-state index contributed by atoms with van der Waals surface area (Å²) in [4.78, 5) is 139. The Morgan fingerprint density at radius 1 is 0.425 bits per heavy atom. The van der Waals surface area contributed by atoms with E-state index in [2.05, 4.69) is 83.0 Å². The average Bonchev–Trinajstić information content (AvgIpc) is 1.22. The van der Waals surface area contributed by atoms with Crippen LogP contribution in [0.3, 0.4) is 0 Å². The predicted octanol–water partition coefficient (Wildman–Crippen LogP) is 11.2. The van der Waals surface area contributed by atoms with Crippen molar-refractivity contribution < 1.29 is 122 Å². The van der Waals surface area contributed by atoms with Crippen molar-refractivity contribution in [2.75, 3.05) is 107 Å². The molecule has 12 heterocycles.